The second-order valence-electron chi connectivity index (χ2n) is 14.8. The molecule has 2 aliphatic heterocycles. The molecular formula is C40H51ClN4O5S. The fraction of sp³-hybridized carbons (Fsp3) is 0.500. The fourth-order valence-electron chi connectivity index (χ4n) is 7.88. The number of halogens is 1. The Balaban J connectivity index is 1.45. The highest BCUT2D eigenvalue weighted by atomic mass is 35.5. The molecule has 1 aromatic heterocycles. The molecule has 51 heavy (non-hydrogen) atoms. The Bertz CT molecular complexity index is 1870. The Morgan fingerprint density at radius 3 is 2.65 bits per heavy atom. The number of allylic oxidation sites excluding steroid dienone is 1. The van der Waals surface area contributed by atoms with E-state index in [9.17, 15) is 13.2 Å². The van der Waals surface area contributed by atoms with Crippen LogP contribution in [0.4, 0.5) is 5.69 Å². The first-order chi connectivity index (χ1) is 24.4. The number of carbonyl (C=O) groups is 1. The van der Waals surface area contributed by atoms with Gasteiger partial charge < -0.3 is 19.3 Å². The number of ether oxygens (including phenoxy) is 2. The highest BCUT2D eigenvalue weighted by Crippen LogP contribution is 2.51. The van der Waals surface area contributed by atoms with E-state index in [0.717, 1.165) is 74.1 Å². The van der Waals surface area contributed by atoms with Gasteiger partial charge in [0.25, 0.3) is 5.91 Å². The average molecular weight is 735 g/mol. The number of nitrogens with one attached hydrogen (secondary N) is 1. The maximum absolute atomic E-state index is 13.6. The zero-order chi connectivity index (χ0) is 36.3. The molecule has 1 aliphatic carbocycles. The molecule has 6 rings (SSSR count). The number of nitrogens with zero attached hydrogens (tertiary/aromatic N) is 3. The second-order valence-corrected chi connectivity index (χ2v) is 17.3. The number of aryl methyl sites for hydroxylation is 1. The van der Waals surface area contributed by atoms with E-state index in [1.54, 1.807) is 32.2 Å². The molecule has 3 heterocycles. The molecule has 2 bridgehead atoms. The van der Waals surface area contributed by atoms with Gasteiger partial charge in [0.05, 0.1) is 10.9 Å². The number of amides is 1. The highest BCUT2D eigenvalue weighted by Gasteiger charge is 2.48. The van der Waals surface area contributed by atoms with Crippen LogP contribution >= 0.6 is 11.6 Å². The molecule has 3 aromatic rings. The molecule has 1 fully saturated rings. The van der Waals surface area contributed by atoms with Gasteiger partial charge in [-0.3, -0.25) is 9.78 Å². The summed E-state index contributed by atoms with van der Waals surface area (Å²) in [4.78, 5) is 22.7. The van der Waals surface area contributed by atoms with E-state index in [2.05, 4.69) is 37.7 Å². The summed E-state index contributed by atoms with van der Waals surface area (Å²) >= 11 is 6.39. The van der Waals surface area contributed by atoms with Crippen molar-refractivity contribution in [3.8, 4) is 5.75 Å². The number of sulfonamides is 1. The van der Waals surface area contributed by atoms with Gasteiger partial charge >= 0.3 is 0 Å². The molecule has 11 heteroatoms. The zero-order valence-corrected chi connectivity index (χ0v) is 32.0. The van der Waals surface area contributed by atoms with Gasteiger partial charge in [0, 0.05) is 61.2 Å². The van der Waals surface area contributed by atoms with Crippen LogP contribution in [0.25, 0.3) is 0 Å². The Morgan fingerprint density at radius 2 is 1.90 bits per heavy atom. The number of aromatic nitrogens is 1. The van der Waals surface area contributed by atoms with Crippen LogP contribution in [0.1, 0.15) is 78.6 Å². The summed E-state index contributed by atoms with van der Waals surface area (Å²) in [6, 6.07) is 13.4. The molecule has 2 aromatic carbocycles. The van der Waals surface area contributed by atoms with Crippen molar-refractivity contribution in [2.75, 3.05) is 39.2 Å². The number of anilines is 1. The van der Waals surface area contributed by atoms with Gasteiger partial charge in [-0.2, -0.15) is 0 Å². The Hall–Kier alpha value is -3.44. The number of pyridine rings is 1. The second kappa shape index (κ2) is 15.7. The molecule has 0 radical (unpaired) electrons. The van der Waals surface area contributed by atoms with Crippen molar-refractivity contribution in [3.63, 3.8) is 0 Å². The summed E-state index contributed by atoms with van der Waals surface area (Å²) in [6.45, 7) is 6.13. The lowest BCUT2D eigenvalue weighted by Gasteiger charge is -2.50. The van der Waals surface area contributed by atoms with Gasteiger partial charge in [0.1, 0.15) is 18.0 Å². The largest absolute Gasteiger partial charge is 0.487 e. The quantitative estimate of drug-likeness (QED) is 0.283. The van der Waals surface area contributed by atoms with Crippen LogP contribution in [-0.4, -0.2) is 63.8 Å². The van der Waals surface area contributed by atoms with E-state index in [0.29, 0.717) is 23.8 Å². The number of methoxy groups -OCH3 is 1. The Kier molecular flexibility index (Phi) is 11.5. The van der Waals surface area contributed by atoms with Crippen LogP contribution in [0, 0.1) is 17.8 Å². The molecule has 1 N–H and O–H groups in total. The van der Waals surface area contributed by atoms with Crippen LogP contribution in [0.15, 0.2) is 67.0 Å². The SMILES string of the molecule is CO[C@@]1(c2cncc(CN(C)C)c2)/C=C/C[C@H](C)[C@@H](C)S(=O)(=O)NC(=O)c2ccc3c(c2)N(CCCCc2cc(Cl)ccc2CO3)C[C@@H]2CC[C@H]21. The fourth-order valence-corrected chi connectivity index (χ4v) is 9.35. The minimum absolute atomic E-state index is 0.139. The van der Waals surface area contributed by atoms with E-state index in [-0.39, 0.29) is 23.3 Å². The van der Waals surface area contributed by atoms with E-state index >= 15 is 0 Å². The van der Waals surface area contributed by atoms with Crippen molar-refractivity contribution in [2.24, 2.45) is 17.8 Å². The van der Waals surface area contributed by atoms with E-state index in [1.807, 2.05) is 51.6 Å². The third kappa shape index (κ3) is 8.14. The number of carbonyl (C=O) groups excluding carboxylic acids is 1. The molecule has 5 atom stereocenters. The summed E-state index contributed by atoms with van der Waals surface area (Å²) < 4.78 is 42.7. The minimum Gasteiger partial charge on any atom is -0.487 e. The van der Waals surface area contributed by atoms with Crippen LogP contribution in [0.3, 0.4) is 0 Å². The van der Waals surface area contributed by atoms with Crippen molar-refractivity contribution in [3.05, 3.63) is 99.9 Å². The predicted molar refractivity (Wildman–Crippen MR) is 203 cm³/mol. The van der Waals surface area contributed by atoms with Gasteiger partial charge in [-0.1, -0.05) is 36.7 Å². The monoisotopic (exact) mass is 734 g/mol. The Morgan fingerprint density at radius 1 is 1.08 bits per heavy atom. The summed E-state index contributed by atoms with van der Waals surface area (Å²) in [5.74, 6) is 0.148. The standard InChI is InChI=1S/C40H51ClN4O5S/c1-27-9-8-17-40(49-5,34-19-29(22-42-23-34)24-44(3)4)36-15-12-32(36)25-45-18-7-6-10-30-20-35(41)14-11-33(30)26-50-38-16-13-31(21-37(38)45)39(46)43-51(47,48)28(27)2/h8,11,13-14,16-17,19-23,27-28,32,36H,6-7,9-10,12,15,18,24-26H2,1-5H3,(H,43,46)/b17-8+/t27-,28+,32-,36+,40+/m0/s1. The first-order valence-corrected chi connectivity index (χ1v) is 20.0. The van der Waals surface area contributed by atoms with Crippen molar-refractivity contribution in [1.29, 1.82) is 0 Å². The molecule has 0 unspecified atom stereocenters. The summed E-state index contributed by atoms with van der Waals surface area (Å²) in [5, 5.41) is -0.107. The van der Waals surface area contributed by atoms with Crippen LogP contribution in [-0.2, 0) is 39.9 Å². The number of hydrogen-bond acceptors (Lipinski definition) is 8. The van der Waals surface area contributed by atoms with Crippen LogP contribution in [0.2, 0.25) is 5.02 Å². The van der Waals surface area contributed by atoms with Crippen molar-refractivity contribution < 1.29 is 22.7 Å². The number of fused-ring (bicyclic) bond motifs is 3. The van der Waals surface area contributed by atoms with Gasteiger partial charge in [0.15, 0.2) is 0 Å². The van der Waals surface area contributed by atoms with Crippen molar-refractivity contribution >= 4 is 33.2 Å². The van der Waals surface area contributed by atoms with E-state index < -0.39 is 26.8 Å². The van der Waals surface area contributed by atoms with Crippen LogP contribution in [0.5, 0.6) is 5.75 Å². The lowest BCUT2D eigenvalue weighted by molar-refractivity contribution is -0.0805. The smallest absolute Gasteiger partial charge is 0.264 e. The normalized spacial score (nSPS) is 27.5. The first kappa shape index (κ1) is 37.3. The first-order valence-electron chi connectivity index (χ1n) is 18.1. The highest BCUT2D eigenvalue weighted by molar-refractivity contribution is 7.90. The van der Waals surface area contributed by atoms with Gasteiger partial charge in [-0.05, 0) is 124 Å². The van der Waals surface area contributed by atoms with Crippen LogP contribution < -0.4 is 14.4 Å². The summed E-state index contributed by atoms with van der Waals surface area (Å²) in [6.07, 6.45) is 13.3. The number of rotatable bonds is 4. The van der Waals surface area contributed by atoms with E-state index in [4.69, 9.17) is 21.1 Å². The lowest BCUT2D eigenvalue weighted by atomic mass is 9.62. The van der Waals surface area contributed by atoms with Gasteiger partial charge in [-0.15, -0.1) is 0 Å². The summed E-state index contributed by atoms with van der Waals surface area (Å²) in [7, 11) is 1.88. The zero-order valence-electron chi connectivity index (χ0n) is 30.4. The maximum atomic E-state index is 13.6. The maximum Gasteiger partial charge on any atom is 0.264 e. The molecule has 0 saturated heterocycles. The third-order valence-electron chi connectivity index (χ3n) is 11.1. The molecular weight excluding hydrogens is 684 g/mol. The van der Waals surface area contributed by atoms with Crippen molar-refractivity contribution in [1.82, 2.24) is 14.6 Å². The molecule has 274 valence electrons. The van der Waals surface area contributed by atoms with Gasteiger partial charge in [-0.25, -0.2) is 13.1 Å². The molecule has 9 nitrogen and oxygen atoms in total. The van der Waals surface area contributed by atoms with E-state index in [1.165, 1.54) is 5.56 Å². The van der Waals surface area contributed by atoms with Gasteiger partial charge in [0.2, 0.25) is 10.0 Å². The predicted octanol–water partition coefficient (Wildman–Crippen LogP) is 7.13. The summed E-state index contributed by atoms with van der Waals surface area (Å²) in [5.41, 5.74) is 4.64. The third-order valence-corrected chi connectivity index (χ3v) is 13.3. The number of benzene rings is 2. The lowest BCUT2D eigenvalue weighted by Crippen LogP contribution is -2.49. The molecule has 0 spiro atoms. The molecule has 1 amide bonds. The molecule has 1 saturated carbocycles. The minimum atomic E-state index is -3.98. The van der Waals surface area contributed by atoms with Crippen molar-refractivity contribution in [2.45, 2.75) is 76.4 Å². The Labute approximate surface area is 308 Å². The molecule has 3 aliphatic rings. The topological polar surface area (TPSA) is 101 Å². The average Bonchev–Trinajstić information content (AvgIpc) is 3.11. The number of hydrogen-bond donors (Lipinski definition) is 1.